The average Bonchev–Trinajstić information content (AvgIpc) is 2.95. The third kappa shape index (κ3) is 3.34. The van der Waals surface area contributed by atoms with Crippen LogP contribution in [0.1, 0.15) is 5.82 Å². The molecule has 0 fully saturated rings. The van der Waals surface area contributed by atoms with E-state index in [0.717, 1.165) is 20.8 Å². The molecule has 1 N–H and O–H groups in total. The molecule has 6 nitrogen and oxygen atoms in total. The Hall–Kier alpha value is -2.42. The molecule has 2 aromatic carbocycles. The van der Waals surface area contributed by atoms with Gasteiger partial charge in [0.25, 0.3) is 5.69 Å². The number of aryl methyl sites for hydroxylation is 1. The van der Waals surface area contributed by atoms with Crippen molar-refractivity contribution in [2.45, 2.75) is 6.92 Å². The number of hydrogen-bond donors (Lipinski definition) is 1. The third-order valence-electron chi connectivity index (χ3n) is 3.39. The molecule has 0 unspecified atom stereocenters. The Bertz CT molecular complexity index is 876. The number of nitrogens with one attached hydrogen (secondary N) is 1. The highest BCUT2D eigenvalue weighted by atomic mass is 127. The Kier molecular flexibility index (Phi) is 4.28. The Morgan fingerprint density at radius 3 is 2.78 bits per heavy atom. The fourth-order valence-electron chi connectivity index (χ4n) is 2.30. The van der Waals surface area contributed by atoms with Gasteiger partial charge in [0.05, 0.1) is 4.92 Å². The molecule has 3 aromatic rings. The smallest absolute Gasteiger partial charge is 0.293 e. The van der Waals surface area contributed by atoms with Crippen LogP contribution in [0.5, 0.6) is 0 Å². The molecule has 0 spiro atoms. The van der Waals surface area contributed by atoms with E-state index in [4.69, 9.17) is 0 Å². The van der Waals surface area contributed by atoms with Gasteiger partial charge in [-0.1, -0.05) is 6.07 Å². The van der Waals surface area contributed by atoms with E-state index in [0.29, 0.717) is 5.69 Å². The number of halogens is 1. The second-order valence-corrected chi connectivity index (χ2v) is 6.18. The zero-order valence-electron chi connectivity index (χ0n) is 12.2. The highest BCUT2D eigenvalue weighted by Crippen LogP contribution is 2.29. The molecule has 1 aromatic heterocycles. The SMILES string of the molecule is Cc1nccn1-c1cccc(Nc2ccc(I)cc2[N+](=O)[O-])c1. The molecule has 1 heterocycles. The minimum atomic E-state index is -0.381. The van der Waals surface area contributed by atoms with Crippen LogP contribution in [0.2, 0.25) is 0 Å². The van der Waals surface area contributed by atoms with Crippen LogP contribution < -0.4 is 5.32 Å². The van der Waals surface area contributed by atoms with E-state index in [2.05, 4.69) is 32.9 Å². The highest BCUT2D eigenvalue weighted by Gasteiger charge is 2.14. The molecule has 3 rings (SSSR count). The van der Waals surface area contributed by atoms with Crippen molar-refractivity contribution in [1.82, 2.24) is 9.55 Å². The number of nitrogens with zero attached hydrogens (tertiary/aromatic N) is 3. The summed E-state index contributed by atoms with van der Waals surface area (Å²) in [6.45, 7) is 1.92. The molecule has 23 heavy (non-hydrogen) atoms. The van der Waals surface area contributed by atoms with Gasteiger partial charge in [-0.05, 0) is 59.8 Å². The van der Waals surface area contributed by atoms with E-state index < -0.39 is 0 Å². The van der Waals surface area contributed by atoms with Crippen LogP contribution in [0.15, 0.2) is 54.9 Å². The Morgan fingerprint density at radius 2 is 2.09 bits per heavy atom. The topological polar surface area (TPSA) is 73.0 Å². The summed E-state index contributed by atoms with van der Waals surface area (Å²) >= 11 is 2.06. The predicted molar refractivity (Wildman–Crippen MR) is 97.4 cm³/mol. The second kappa shape index (κ2) is 6.37. The molecule has 0 radical (unpaired) electrons. The van der Waals surface area contributed by atoms with Gasteiger partial charge in [-0.25, -0.2) is 4.98 Å². The van der Waals surface area contributed by atoms with Crippen LogP contribution >= 0.6 is 22.6 Å². The minimum Gasteiger partial charge on any atom is -0.350 e. The summed E-state index contributed by atoms with van der Waals surface area (Å²) in [5.41, 5.74) is 2.24. The normalized spacial score (nSPS) is 10.5. The summed E-state index contributed by atoms with van der Waals surface area (Å²) in [7, 11) is 0. The zero-order valence-corrected chi connectivity index (χ0v) is 14.4. The number of benzene rings is 2. The first kappa shape index (κ1) is 15.5. The van der Waals surface area contributed by atoms with Crippen molar-refractivity contribution in [3.05, 3.63) is 74.4 Å². The van der Waals surface area contributed by atoms with Gasteiger partial charge in [0.1, 0.15) is 11.5 Å². The molecule has 116 valence electrons. The largest absolute Gasteiger partial charge is 0.350 e. The summed E-state index contributed by atoms with van der Waals surface area (Å²) in [4.78, 5) is 15.0. The van der Waals surface area contributed by atoms with E-state index in [1.165, 1.54) is 0 Å². The number of anilines is 2. The Labute approximate surface area is 146 Å². The summed E-state index contributed by atoms with van der Waals surface area (Å²) in [6, 6.07) is 12.8. The highest BCUT2D eigenvalue weighted by molar-refractivity contribution is 14.1. The standard InChI is InChI=1S/C16H13IN4O2/c1-11-18-7-8-20(11)14-4-2-3-13(10-14)19-15-6-5-12(17)9-16(15)21(22)23/h2-10,19H,1H3. The molecular formula is C16H13IN4O2. The molecule has 0 amide bonds. The van der Waals surface area contributed by atoms with Crippen molar-refractivity contribution in [3.63, 3.8) is 0 Å². The molecule has 0 saturated carbocycles. The van der Waals surface area contributed by atoms with E-state index >= 15 is 0 Å². The molecule has 0 saturated heterocycles. The van der Waals surface area contributed by atoms with Crippen molar-refractivity contribution in [1.29, 1.82) is 0 Å². The summed E-state index contributed by atoms with van der Waals surface area (Å²) in [6.07, 6.45) is 3.61. The summed E-state index contributed by atoms with van der Waals surface area (Å²) in [5.74, 6) is 0.877. The van der Waals surface area contributed by atoms with Crippen molar-refractivity contribution in [2.75, 3.05) is 5.32 Å². The third-order valence-corrected chi connectivity index (χ3v) is 4.06. The lowest BCUT2D eigenvalue weighted by molar-refractivity contribution is -0.384. The number of hydrogen-bond acceptors (Lipinski definition) is 4. The van der Waals surface area contributed by atoms with Crippen LogP contribution in [0.25, 0.3) is 5.69 Å². The zero-order chi connectivity index (χ0) is 16.4. The maximum absolute atomic E-state index is 11.2. The van der Waals surface area contributed by atoms with Crippen LogP contribution in [0, 0.1) is 20.6 Å². The predicted octanol–water partition coefficient (Wildman–Crippen LogP) is 4.44. The van der Waals surface area contributed by atoms with Crippen molar-refractivity contribution in [3.8, 4) is 5.69 Å². The minimum absolute atomic E-state index is 0.0566. The van der Waals surface area contributed by atoms with E-state index in [9.17, 15) is 10.1 Å². The lowest BCUT2D eigenvalue weighted by Crippen LogP contribution is -1.99. The van der Waals surface area contributed by atoms with Gasteiger partial charge in [0, 0.05) is 33.4 Å². The fraction of sp³-hybridized carbons (Fsp3) is 0.0625. The monoisotopic (exact) mass is 420 g/mol. The molecule has 7 heteroatoms. The lowest BCUT2D eigenvalue weighted by atomic mass is 10.2. The van der Waals surface area contributed by atoms with Gasteiger partial charge in [0.15, 0.2) is 0 Å². The number of aromatic nitrogens is 2. The maximum Gasteiger partial charge on any atom is 0.293 e. The number of rotatable bonds is 4. The van der Waals surface area contributed by atoms with Gasteiger partial charge >= 0.3 is 0 Å². The second-order valence-electron chi connectivity index (χ2n) is 4.94. The first-order valence-corrected chi connectivity index (χ1v) is 7.94. The van der Waals surface area contributed by atoms with Gasteiger partial charge in [-0.2, -0.15) is 0 Å². The van der Waals surface area contributed by atoms with Crippen molar-refractivity contribution in [2.24, 2.45) is 0 Å². The van der Waals surface area contributed by atoms with Crippen LogP contribution in [0.4, 0.5) is 17.1 Å². The Balaban J connectivity index is 1.96. The average molecular weight is 420 g/mol. The molecule has 0 aliphatic carbocycles. The molecular weight excluding hydrogens is 407 g/mol. The van der Waals surface area contributed by atoms with Crippen LogP contribution in [0.3, 0.4) is 0 Å². The molecule has 0 aliphatic rings. The number of nitro groups is 1. The van der Waals surface area contributed by atoms with Crippen LogP contribution in [-0.2, 0) is 0 Å². The van der Waals surface area contributed by atoms with Gasteiger partial charge in [0.2, 0.25) is 0 Å². The van der Waals surface area contributed by atoms with E-state index in [1.54, 1.807) is 18.3 Å². The lowest BCUT2D eigenvalue weighted by Gasteiger charge is -2.10. The van der Waals surface area contributed by atoms with Crippen molar-refractivity contribution >= 4 is 39.7 Å². The quantitative estimate of drug-likeness (QED) is 0.385. The molecule has 0 bridgehead atoms. The molecule has 0 aliphatic heterocycles. The van der Waals surface area contributed by atoms with E-state index in [1.807, 2.05) is 48.0 Å². The summed E-state index contributed by atoms with van der Waals surface area (Å²) < 4.78 is 2.77. The van der Waals surface area contributed by atoms with Gasteiger partial charge in [-0.15, -0.1) is 0 Å². The molecule has 0 atom stereocenters. The van der Waals surface area contributed by atoms with E-state index in [-0.39, 0.29) is 10.6 Å². The fourth-order valence-corrected chi connectivity index (χ4v) is 2.78. The van der Waals surface area contributed by atoms with Gasteiger partial charge in [-0.3, -0.25) is 10.1 Å². The van der Waals surface area contributed by atoms with Crippen molar-refractivity contribution < 1.29 is 4.92 Å². The van der Waals surface area contributed by atoms with Crippen LogP contribution in [-0.4, -0.2) is 14.5 Å². The number of imidazole rings is 1. The Morgan fingerprint density at radius 1 is 1.26 bits per heavy atom. The number of nitro benzene ring substituents is 1. The summed E-state index contributed by atoms with van der Waals surface area (Å²) in [5, 5.41) is 14.3. The van der Waals surface area contributed by atoms with Gasteiger partial charge < -0.3 is 9.88 Å². The first-order chi connectivity index (χ1) is 11.0. The first-order valence-electron chi connectivity index (χ1n) is 6.86. The maximum atomic E-state index is 11.2.